The number of nitrogens with zero attached hydrogens (tertiary/aromatic N) is 2. The molecule has 1 atom stereocenters. The average Bonchev–Trinajstić information content (AvgIpc) is 2.85. The van der Waals surface area contributed by atoms with Crippen LogP contribution in [0, 0.1) is 0 Å². The van der Waals surface area contributed by atoms with Gasteiger partial charge in [0.05, 0.1) is 7.11 Å². The molecule has 0 bridgehead atoms. The Morgan fingerprint density at radius 1 is 0.938 bits per heavy atom. The maximum Gasteiger partial charge on any atom is 0.243 e. The number of nitrogens with one attached hydrogen (secondary N) is 1. The Morgan fingerprint density at radius 3 is 2.25 bits per heavy atom. The molecule has 1 heterocycles. The fourth-order valence-corrected chi connectivity index (χ4v) is 3.49. The lowest BCUT2D eigenvalue weighted by molar-refractivity contribution is -0.141. The van der Waals surface area contributed by atoms with Gasteiger partial charge in [0.1, 0.15) is 11.8 Å². The second-order valence-electron chi connectivity index (χ2n) is 7.50. The minimum atomic E-state index is -0.631. The maximum atomic E-state index is 13.3. The monoisotopic (exact) mass is 431 g/mol. The number of methoxy groups -OCH3 is 1. The van der Waals surface area contributed by atoms with Gasteiger partial charge in [0.25, 0.3) is 0 Å². The highest BCUT2D eigenvalue weighted by Gasteiger charge is 2.29. The lowest BCUT2D eigenvalue weighted by atomic mass is 10.0. The number of benzene rings is 2. The third-order valence-corrected chi connectivity index (χ3v) is 5.30. The van der Waals surface area contributed by atoms with Crippen LogP contribution in [0.15, 0.2) is 79.1 Å². The van der Waals surface area contributed by atoms with E-state index in [-0.39, 0.29) is 11.8 Å². The largest absolute Gasteiger partial charge is 0.497 e. The molecule has 0 aliphatic heterocycles. The van der Waals surface area contributed by atoms with Crippen molar-refractivity contribution < 1.29 is 14.3 Å². The zero-order valence-electron chi connectivity index (χ0n) is 18.5. The standard InChI is InChI=1S/C26H29N3O3/c1-3-25(30)29(19-22-9-11-23(32-2)12-10-22)24(17-20-7-5-4-6-8-20)26(31)28-18-21-13-15-27-16-14-21/h4-16,24H,3,17-19H2,1-2H3,(H,28,31)/t24-/m1/s1. The van der Waals surface area contributed by atoms with E-state index in [0.717, 1.165) is 22.4 Å². The number of carbonyl (C=O) groups is 2. The Hall–Kier alpha value is -3.67. The normalized spacial score (nSPS) is 11.4. The molecule has 3 rings (SSSR count). The molecule has 6 nitrogen and oxygen atoms in total. The summed E-state index contributed by atoms with van der Waals surface area (Å²) in [6.45, 7) is 2.54. The van der Waals surface area contributed by atoms with E-state index in [0.29, 0.717) is 25.9 Å². The Balaban J connectivity index is 1.85. The van der Waals surface area contributed by atoms with Gasteiger partial charge in [0.2, 0.25) is 11.8 Å². The SMILES string of the molecule is CCC(=O)N(Cc1ccc(OC)cc1)[C@H](Cc1ccccc1)C(=O)NCc1ccncc1. The number of hydrogen-bond donors (Lipinski definition) is 1. The Bertz CT molecular complexity index is 992. The highest BCUT2D eigenvalue weighted by atomic mass is 16.5. The first-order chi connectivity index (χ1) is 15.6. The van der Waals surface area contributed by atoms with Crippen LogP contribution in [0.5, 0.6) is 5.75 Å². The topological polar surface area (TPSA) is 71.5 Å². The highest BCUT2D eigenvalue weighted by molar-refractivity contribution is 5.87. The molecular formula is C26H29N3O3. The molecule has 3 aromatic rings. The van der Waals surface area contributed by atoms with Crippen molar-refractivity contribution in [3.8, 4) is 5.75 Å². The van der Waals surface area contributed by atoms with E-state index in [1.54, 1.807) is 24.4 Å². The van der Waals surface area contributed by atoms with E-state index in [1.807, 2.05) is 73.7 Å². The first-order valence-electron chi connectivity index (χ1n) is 10.7. The third kappa shape index (κ3) is 6.41. The average molecular weight is 432 g/mol. The molecule has 6 heteroatoms. The van der Waals surface area contributed by atoms with Crippen LogP contribution in [0.4, 0.5) is 0 Å². The van der Waals surface area contributed by atoms with Gasteiger partial charge < -0.3 is 15.0 Å². The van der Waals surface area contributed by atoms with Crippen molar-refractivity contribution in [3.63, 3.8) is 0 Å². The molecule has 0 radical (unpaired) electrons. The first kappa shape index (κ1) is 23.0. The fraction of sp³-hybridized carbons (Fsp3) is 0.269. The van der Waals surface area contributed by atoms with Crippen molar-refractivity contribution in [2.45, 2.75) is 38.9 Å². The molecule has 0 aliphatic rings. The van der Waals surface area contributed by atoms with E-state index in [1.165, 1.54) is 0 Å². The van der Waals surface area contributed by atoms with Crippen LogP contribution in [-0.2, 0) is 29.1 Å². The van der Waals surface area contributed by atoms with Gasteiger partial charge in [0, 0.05) is 38.3 Å². The number of amides is 2. The van der Waals surface area contributed by atoms with Crippen molar-refractivity contribution in [3.05, 3.63) is 95.8 Å². The van der Waals surface area contributed by atoms with Crippen molar-refractivity contribution in [2.75, 3.05) is 7.11 Å². The van der Waals surface area contributed by atoms with Gasteiger partial charge >= 0.3 is 0 Å². The van der Waals surface area contributed by atoms with Crippen LogP contribution in [0.2, 0.25) is 0 Å². The van der Waals surface area contributed by atoms with Crippen LogP contribution < -0.4 is 10.1 Å². The van der Waals surface area contributed by atoms with Gasteiger partial charge in [-0.25, -0.2) is 0 Å². The molecule has 1 aromatic heterocycles. The number of hydrogen-bond acceptors (Lipinski definition) is 4. The van der Waals surface area contributed by atoms with E-state index in [9.17, 15) is 9.59 Å². The lowest BCUT2D eigenvalue weighted by Crippen LogP contribution is -2.50. The predicted octanol–water partition coefficient (Wildman–Crippen LogP) is 3.76. The van der Waals surface area contributed by atoms with E-state index >= 15 is 0 Å². The zero-order valence-corrected chi connectivity index (χ0v) is 18.5. The van der Waals surface area contributed by atoms with E-state index < -0.39 is 6.04 Å². The Kier molecular flexibility index (Phi) is 8.37. The number of ether oxygens (including phenoxy) is 1. The summed E-state index contributed by atoms with van der Waals surface area (Å²) in [5, 5.41) is 3.00. The van der Waals surface area contributed by atoms with Crippen LogP contribution in [0.3, 0.4) is 0 Å². The van der Waals surface area contributed by atoms with Crippen molar-refractivity contribution in [1.29, 1.82) is 0 Å². The summed E-state index contributed by atoms with van der Waals surface area (Å²) < 4.78 is 5.23. The minimum absolute atomic E-state index is 0.0687. The van der Waals surface area contributed by atoms with Gasteiger partial charge in [-0.05, 0) is 41.0 Å². The lowest BCUT2D eigenvalue weighted by Gasteiger charge is -2.31. The van der Waals surface area contributed by atoms with Crippen LogP contribution in [0.25, 0.3) is 0 Å². The zero-order chi connectivity index (χ0) is 22.8. The molecule has 0 aliphatic carbocycles. The molecule has 32 heavy (non-hydrogen) atoms. The number of pyridine rings is 1. The summed E-state index contributed by atoms with van der Waals surface area (Å²) in [5.74, 6) is 0.500. The number of rotatable bonds is 10. The minimum Gasteiger partial charge on any atom is -0.497 e. The fourth-order valence-electron chi connectivity index (χ4n) is 3.49. The summed E-state index contributed by atoms with van der Waals surface area (Å²) in [4.78, 5) is 32.0. The molecule has 0 unspecified atom stereocenters. The van der Waals surface area contributed by atoms with Gasteiger partial charge in [-0.1, -0.05) is 49.4 Å². The smallest absolute Gasteiger partial charge is 0.243 e. The van der Waals surface area contributed by atoms with Crippen LogP contribution in [-0.4, -0.2) is 34.8 Å². The maximum absolute atomic E-state index is 13.3. The molecular weight excluding hydrogens is 402 g/mol. The molecule has 0 fully saturated rings. The Morgan fingerprint density at radius 2 is 1.62 bits per heavy atom. The first-order valence-corrected chi connectivity index (χ1v) is 10.7. The second kappa shape index (κ2) is 11.6. The quantitative estimate of drug-likeness (QED) is 0.531. The van der Waals surface area contributed by atoms with Crippen molar-refractivity contribution in [1.82, 2.24) is 15.2 Å². The highest BCUT2D eigenvalue weighted by Crippen LogP contribution is 2.18. The van der Waals surface area contributed by atoms with E-state index in [4.69, 9.17) is 4.74 Å². The second-order valence-corrected chi connectivity index (χ2v) is 7.50. The molecule has 166 valence electrons. The van der Waals surface area contributed by atoms with Gasteiger partial charge in [-0.15, -0.1) is 0 Å². The van der Waals surface area contributed by atoms with Crippen molar-refractivity contribution >= 4 is 11.8 Å². The van der Waals surface area contributed by atoms with Gasteiger partial charge in [-0.2, -0.15) is 0 Å². The van der Waals surface area contributed by atoms with Gasteiger partial charge in [0.15, 0.2) is 0 Å². The summed E-state index contributed by atoms with van der Waals surface area (Å²) in [5.41, 5.74) is 2.89. The summed E-state index contributed by atoms with van der Waals surface area (Å²) >= 11 is 0. The predicted molar refractivity (Wildman–Crippen MR) is 124 cm³/mol. The van der Waals surface area contributed by atoms with Crippen molar-refractivity contribution in [2.24, 2.45) is 0 Å². The van der Waals surface area contributed by atoms with Gasteiger partial charge in [-0.3, -0.25) is 14.6 Å². The summed E-state index contributed by atoms with van der Waals surface area (Å²) in [7, 11) is 1.62. The molecule has 0 spiro atoms. The molecule has 2 amide bonds. The summed E-state index contributed by atoms with van der Waals surface area (Å²) in [6.07, 6.45) is 4.14. The molecule has 1 N–H and O–H groups in total. The third-order valence-electron chi connectivity index (χ3n) is 5.30. The molecule has 0 saturated carbocycles. The number of aromatic nitrogens is 1. The molecule has 2 aromatic carbocycles. The van der Waals surface area contributed by atoms with Crippen LogP contribution in [0.1, 0.15) is 30.0 Å². The summed E-state index contributed by atoms with van der Waals surface area (Å²) in [6, 6.07) is 20.4. The molecule has 0 saturated heterocycles. The number of carbonyl (C=O) groups excluding carboxylic acids is 2. The van der Waals surface area contributed by atoms with E-state index in [2.05, 4.69) is 10.3 Å². The Labute approximate surface area is 189 Å². The van der Waals surface area contributed by atoms with Crippen LogP contribution >= 0.6 is 0 Å².